The minimum absolute atomic E-state index is 0.0833. The maximum atomic E-state index is 10.8. The van der Waals surface area contributed by atoms with Crippen LogP contribution in [0.25, 0.3) is 10.2 Å². The van der Waals surface area contributed by atoms with Gasteiger partial charge in [0, 0.05) is 11.0 Å². The molecule has 0 fully saturated rings. The van der Waals surface area contributed by atoms with Gasteiger partial charge in [-0.25, -0.2) is 4.98 Å². The largest absolute Gasteiger partial charge is 0.494 e. The van der Waals surface area contributed by atoms with Crippen LogP contribution in [-0.4, -0.2) is 16.5 Å². The fourth-order valence-electron chi connectivity index (χ4n) is 2.05. The molecule has 118 valence electrons. The molecule has 23 heavy (non-hydrogen) atoms. The van der Waals surface area contributed by atoms with E-state index in [0.717, 1.165) is 25.2 Å². The molecule has 0 spiro atoms. The third-order valence-corrected chi connectivity index (χ3v) is 5.12. The lowest BCUT2D eigenvalue weighted by Crippen LogP contribution is -1.95. The number of aromatic nitrogens is 1. The fraction of sp³-hybridized carbons (Fsp3) is 0.133. The van der Waals surface area contributed by atoms with E-state index in [0.29, 0.717) is 6.61 Å². The summed E-state index contributed by atoms with van der Waals surface area (Å²) >= 11 is 2.98. The Labute approximate surface area is 140 Å². The van der Waals surface area contributed by atoms with E-state index in [9.17, 15) is 10.1 Å². The van der Waals surface area contributed by atoms with Crippen LogP contribution in [0.2, 0.25) is 0 Å². The molecule has 2 N–H and O–H groups in total. The van der Waals surface area contributed by atoms with E-state index in [2.05, 4.69) is 4.98 Å². The quantitative estimate of drug-likeness (QED) is 0.419. The van der Waals surface area contributed by atoms with Crippen LogP contribution < -0.4 is 10.5 Å². The Balaban J connectivity index is 1.86. The monoisotopic (exact) mass is 347 g/mol. The van der Waals surface area contributed by atoms with Crippen molar-refractivity contribution in [1.82, 2.24) is 4.98 Å². The Morgan fingerprint density at radius 1 is 1.35 bits per heavy atom. The molecule has 0 aliphatic rings. The number of anilines is 1. The van der Waals surface area contributed by atoms with Crippen LogP contribution in [0.15, 0.2) is 45.6 Å². The third kappa shape index (κ3) is 3.38. The first-order valence-electron chi connectivity index (χ1n) is 6.82. The maximum Gasteiger partial charge on any atom is 0.292 e. The average molecular weight is 347 g/mol. The molecule has 6 nitrogen and oxygen atoms in total. The lowest BCUT2D eigenvalue weighted by Gasteiger charge is -2.00. The number of nitrogens with two attached hydrogens (primary N) is 1. The molecule has 0 aliphatic heterocycles. The molecule has 0 radical (unpaired) electrons. The molecule has 1 aromatic heterocycles. The second-order valence-electron chi connectivity index (χ2n) is 4.62. The van der Waals surface area contributed by atoms with Crippen molar-refractivity contribution in [2.45, 2.75) is 16.2 Å². The van der Waals surface area contributed by atoms with Crippen LogP contribution in [0.4, 0.5) is 11.4 Å². The molecule has 0 saturated heterocycles. The van der Waals surface area contributed by atoms with E-state index in [1.165, 1.54) is 17.8 Å². The second kappa shape index (κ2) is 6.43. The van der Waals surface area contributed by atoms with Crippen molar-refractivity contribution in [3.63, 3.8) is 0 Å². The Bertz CT molecular complexity index is 880. The summed E-state index contributed by atoms with van der Waals surface area (Å²) in [5.41, 5.74) is 6.68. The summed E-state index contributed by atoms with van der Waals surface area (Å²) in [6, 6.07) is 10.5. The Kier molecular flexibility index (Phi) is 4.35. The van der Waals surface area contributed by atoms with Gasteiger partial charge in [0.2, 0.25) is 0 Å². The molecule has 0 saturated carbocycles. The molecular formula is C15H13N3O3S2. The number of thiazole rings is 1. The predicted octanol–water partition coefficient (Wildman–Crippen LogP) is 4.34. The molecule has 8 heteroatoms. The van der Waals surface area contributed by atoms with Crippen LogP contribution in [0, 0.1) is 10.1 Å². The summed E-state index contributed by atoms with van der Waals surface area (Å²) in [5, 5.41) is 10.8. The maximum absolute atomic E-state index is 10.8. The van der Waals surface area contributed by atoms with E-state index in [4.69, 9.17) is 10.5 Å². The first-order chi connectivity index (χ1) is 11.1. The van der Waals surface area contributed by atoms with Gasteiger partial charge in [-0.2, -0.15) is 0 Å². The zero-order chi connectivity index (χ0) is 16.4. The molecule has 0 unspecified atom stereocenters. The van der Waals surface area contributed by atoms with E-state index in [-0.39, 0.29) is 11.4 Å². The average Bonchev–Trinajstić information content (AvgIpc) is 2.88. The summed E-state index contributed by atoms with van der Waals surface area (Å²) in [4.78, 5) is 15.7. The summed E-state index contributed by atoms with van der Waals surface area (Å²) in [6.07, 6.45) is 0. The van der Waals surface area contributed by atoms with Crippen LogP contribution in [0.5, 0.6) is 5.75 Å². The number of fused-ring (bicyclic) bond motifs is 1. The summed E-state index contributed by atoms with van der Waals surface area (Å²) in [7, 11) is 0. The lowest BCUT2D eigenvalue weighted by molar-refractivity contribution is -0.383. The van der Waals surface area contributed by atoms with Gasteiger partial charge in [0.1, 0.15) is 11.4 Å². The first-order valence-corrected chi connectivity index (χ1v) is 8.45. The van der Waals surface area contributed by atoms with E-state index in [1.54, 1.807) is 23.5 Å². The van der Waals surface area contributed by atoms with Crippen molar-refractivity contribution in [2.75, 3.05) is 12.3 Å². The normalized spacial score (nSPS) is 10.8. The van der Waals surface area contributed by atoms with Gasteiger partial charge in [-0.15, -0.1) is 11.3 Å². The van der Waals surface area contributed by atoms with Gasteiger partial charge in [-0.1, -0.05) is 11.8 Å². The Morgan fingerprint density at radius 2 is 2.17 bits per heavy atom. The van der Waals surface area contributed by atoms with Crippen molar-refractivity contribution in [2.24, 2.45) is 0 Å². The standard InChI is InChI=1S/C15H13N3O3S2/c1-2-21-9-3-5-12-14(7-9)23-15(17-12)22-10-4-6-13(18(19)20)11(16)8-10/h3-8H,2,16H2,1H3. The number of nitrogen functional groups attached to an aromatic ring is 1. The van der Waals surface area contributed by atoms with Gasteiger partial charge in [0.05, 0.1) is 21.7 Å². The van der Waals surface area contributed by atoms with Gasteiger partial charge < -0.3 is 10.5 Å². The van der Waals surface area contributed by atoms with E-state index in [1.807, 2.05) is 25.1 Å². The number of nitrogens with zero attached hydrogens (tertiary/aromatic N) is 2. The van der Waals surface area contributed by atoms with Gasteiger partial charge in [0.25, 0.3) is 5.69 Å². The minimum Gasteiger partial charge on any atom is -0.494 e. The number of ether oxygens (including phenoxy) is 1. The Hall–Kier alpha value is -2.32. The molecule has 0 bridgehead atoms. The Morgan fingerprint density at radius 3 is 2.87 bits per heavy atom. The zero-order valence-corrected chi connectivity index (χ0v) is 13.8. The molecule has 0 atom stereocenters. The second-order valence-corrected chi connectivity index (χ2v) is 6.97. The van der Waals surface area contributed by atoms with Crippen LogP contribution in [0.1, 0.15) is 6.92 Å². The molecule has 2 aromatic carbocycles. The van der Waals surface area contributed by atoms with Crippen molar-refractivity contribution in [3.8, 4) is 5.75 Å². The van der Waals surface area contributed by atoms with E-state index < -0.39 is 4.92 Å². The third-order valence-electron chi connectivity index (χ3n) is 3.05. The summed E-state index contributed by atoms with van der Waals surface area (Å²) in [5.74, 6) is 0.819. The van der Waals surface area contributed by atoms with Gasteiger partial charge in [-0.3, -0.25) is 10.1 Å². The van der Waals surface area contributed by atoms with Gasteiger partial charge in [-0.05, 0) is 37.3 Å². The highest BCUT2D eigenvalue weighted by Crippen LogP contribution is 2.37. The number of benzene rings is 2. The first kappa shape index (κ1) is 15.6. The lowest BCUT2D eigenvalue weighted by atomic mass is 10.3. The molecular weight excluding hydrogens is 334 g/mol. The van der Waals surface area contributed by atoms with Crippen molar-refractivity contribution < 1.29 is 9.66 Å². The summed E-state index contributed by atoms with van der Waals surface area (Å²) < 4.78 is 7.37. The van der Waals surface area contributed by atoms with Crippen LogP contribution in [-0.2, 0) is 0 Å². The van der Waals surface area contributed by atoms with Gasteiger partial charge >= 0.3 is 0 Å². The molecule has 0 aliphatic carbocycles. The molecule has 3 aromatic rings. The zero-order valence-electron chi connectivity index (χ0n) is 12.2. The van der Waals surface area contributed by atoms with Gasteiger partial charge in [0.15, 0.2) is 4.34 Å². The smallest absolute Gasteiger partial charge is 0.292 e. The molecule has 0 amide bonds. The topological polar surface area (TPSA) is 91.3 Å². The van der Waals surface area contributed by atoms with Crippen molar-refractivity contribution in [3.05, 3.63) is 46.5 Å². The minimum atomic E-state index is -0.489. The fourth-order valence-corrected chi connectivity index (χ4v) is 4.16. The number of nitro groups is 1. The molecule has 3 rings (SSSR count). The van der Waals surface area contributed by atoms with Crippen LogP contribution in [0.3, 0.4) is 0 Å². The number of nitro benzene ring substituents is 1. The summed E-state index contributed by atoms with van der Waals surface area (Å²) in [6.45, 7) is 2.56. The van der Waals surface area contributed by atoms with Crippen molar-refractivity contribution >= 4 is 44.7 Å². The number of hydrogen-bond donors (Lipinski definition) is 1. The number of hydrogen-bond acceptors (Lipinski definition) is 7. The highest BCUT2D eigenvalue weighted by atomic mass is 32.2. The highest BCUT2D eigenvalue weighted by molar-refractivity contribution is 8.01. The number of rotatable bonds is 5. The van der Waals surface area contributed by atoms with Crippen LogP contribution >= 0.6 is 23.1 Å². The molecule has 1 heterocycles. The van der Waals surface area contributed by atoms with Crippen molar-refractivity contribution in [1.29, 1.82) is 0 Å². The SMILES string of the molecule is CCOc1ccc2nc(Sc3ccc([N+](=O)[O-])c(N)c3)sc2c1. The van der Waals surface area contributed by atoms with E-state index >= 15 is 0 Å². The predicted molar refractivity (Wildman–Crippen MR) is 92.4 cm³/mol. The highest BCUT2D eigenvalue weighted by Gasteiger charge is 2.13.